The molecule has 1 saturated heterocycles. The van der Waals surface area contributed by atoms with Crippen LogP contribution in [0.4, 0.5) is 4.79 Å². The lowest BCUT2D eigenvalue weighted by Gasteiger charge is -2.32. The van der Waals surface area contributed by atoms with Crippen LogP contribution in [0.1, 0.15) is 36.3 Å². The number of nitrogens with zero attached hydrogens (tertiary/aromatic N) is 2. The number of likely N-dealkylation sites (tertiary alicyclic amines) is 1. The van der Waals surface area contributed by atoms with Gasteiger partial charge in [-0.05, 0) is 42.2 Å². The maximum Gasteiger partial charge on any atom is 0.317 e. The molecule has 3 amide bonds. The fourth-order valence-electron chi connectivity index (χ4n) is 4.55. The second-order valence-electron chi connectivity index (χ2n) is 7.99. The van der Waals surface area contributed by atoms with E-state index in [1.165, 1.54) is 11.1 Å². The molecular formula is C20H27N3O2. The molecule has 1 N–H and O–H groups in total. The summed E-state index contributed by atoms with van der Waals surface area (Å²) in [5.41, 5.74) is 2.88. The Morgan fingerprint density at radius 1 is 1.20 bits per heavy atom. The summed E-state index contributed by atoms with van der Waals surface area (Å²) in [6, 6.07) is 9.00. The van der Waals surface area contributed by atoms with Gasteiger partial charge in [0.2, 0.25) is 5.91 Å². The molecule has 1 aromatic rings. The van der Waals surface area contributed by atoms with Crippen LogP contribution in [0.3, 0.4) is 0 Å². The van der Waals surface area contributed by atoms with Gasteiger partial charge in [-0.25, -0.2) is 4.79 Å². The van der Waals surface area contributed by atoms with Crippen molar-refractivity contribution in [3.05, 3.63) is 35.4 Å². The molecule has 1 aromatic carbocycles. The number of carbonyl (C=O) groups is 2. The van der Waals surface area contributed by atoms with Crippen LogP contribution in [-0.4, -0.2) is 55.0 Å². The molecule has 0 spiro atoms. The van der Waals surface area contributed by atoms with E-state index < -0.39 is 0 Å². The highest BCUT2D eigenvalue weighted by Gasteiger charge is 2.56. The average molecular weight is 341 g/mol. The first kappa shape index (κ1) is 16.4. The summed E-state index contributed by atoms with van der Waals surface area (Å²) in [6.45, 7) is 1.52. The number of carbonyl (C=O) groups excluding carboxylic acids is 2. The molecule has 1 heterocycles. The van der Waals surface area contributed by atoms with E-state index in [1.54, 1.807) is 19.0 Å². The van der Waals surface area contributed by atoms with E-state index in [1.807, 2.05) is 4.90 Å². The quantitative estimate of drug-likeness (QED) is 0.916. The summed E-state index contributed by atoms with van der Waals surface area (Å²) in [4.78, 5) is 28.0. The van der Waals surface area contributed by atoms with E-state index in [2.05, 4.69) is 29.6 Å². The van der Waals surface area contributed by atoms with E-state index >= 15 is 0 Å². The summed E-state index contributed by atoms with van der Waals surface area (Å²) < 4.78 is 0. The Hall–Kier alpha value is -2.04. The van der Waals surface area contributed by atoms with Gasteiger partial charge in [0.1, 0.15) is 0 Å². The minimum absolute atomic E-state index is 0.0780. The van der Waals surface area contributed by atoms with Crippen molar-refractivity contribution in [3.8, 4) is 0 Å². The second-order valence-corrected chi connectivity index (χ2v) is 7.99. The lowest BCUT2D eigenvalue weighted by molar-refractivity contribution is -0.129. The molecule has 4 rings (SSSR count). The Bertz CT molecular complexity index is 679. The first-order valence-corrected chi connectivity index (χ1v) is 9.38. The number of rotatable bonds is 3. The highest BCUT2D eigenvalue weighted by molar-refractivity contribution is 5.77. The molecule has 3 atom stereocenters. The zero-order valence-electron chi connectivity index (χ0n) is 15.1. The van der Waals surface area contributed by atoms with E-state index in [0.29, 0.717) is 30.2 Å². The molecule has 1 saturated carbocycles. The van der Waals surface area contributed by atoms with Crippen molar-refractivity contribution in [1.29, 1.82) is 0 Å². The molecule has 2 fully saturated rings. The Balaban J connectivity index is 1.25. The lowest BCUT2D eigenvalue weighted by atomic mass is 9.93. The smallest absolute Gasteiger partial charge is 0.317 e. The van der Waals surface area contributed by atoms with Crippen molar-refractivity contribution < 1.29 is 9.59 Å². The van der Waals surface area contributed by atoms with Gasteiger partial charge in [-0.2, -0.15) is 0 Å². The zero-order chi connectivity index (χ0) is 17.6. The van der Waals surface area contributed by atoms with E-state index in [9.17, 15) is 9.59 Å². The molecule has 0 unspecified atom stereocenters. The topological polar surface area (TPSA) is 52.7 Å². The standard InChI is InChI=1S/C20H27N3O2/c1-22(2)17(24)11-13-7-9-23(10-8-13)20(25)21-19-16-12-14-5-3-4-6-15(14)18(16)19/h3-6,13,16,18-19H,7-12H2,1-2H3,(H,21,25)/t16-,18-,19+/m0/s1. The van der Waals surface area contributed by atoms with Crippen molar-refractivity contribution in [3.63, 3.8) is 0 Å². The first-order valence-electron chi connectivity index (χ1n) is 9.38. The number of hydrogen-bond acceptors (Lipinski definition) is 2. The Kier molecular flexibility index (Phi) is 4.18. The van der Waals surface area contributed by atoms with Crippen molar-refractivity contribution in [2.24, 2.45) is 11.8 Å². The van der Waals surface area contributed by atoms with Crippen LogP contribution in [0.15, 0.2) is 24.3 Å². The highest BCUT2D eigenvalue weighted by atomic mass is 16.2. The predicted molar refractivity (Wildman–Crippen MR) is 96.3 cm³/mol. The molecule has 0 radical (unpaired) electrons. The summed E-state index contributed by atoms with van der Waals surface area (Å²) in [5.74, 6) is 1.71. The third kappa shape index (κ3) is 3.12. The lowest BCUT2D eigenvalue weighted by Crippen LogP contribution is -2.46. The van der Waals surface area contributed by atoms with Crippen LogP contribution >= 0.6 is 0 Å². The van der Waals surface area contributed by atoms with Gasteiger partial charge in [-0.3, -0.25) is 4.79 Å². The molecule has 2 aliphatic carbocycles. The van der Waals surface area contributed by atoms with E-state index in [-0.39, 0.29) is 11.9 Å². The number of fused-ring (bicyclic) bond motifs is 3. The van der Waals surface area contributed by atoms with Gasteiger partial charge in [0.05, 0.1) is 0 Å². The summed E-state index contributed by atoms with van der Waals surface area (Å²) in [7, 11) is 3.60. The highest BCUT2D eigenvalue weighted by Crippen LogP contribution is 2.56. The second kappa shape index (κ2) is 6.36. The van der Waals surface area contributed by atoms with Crippen LogP contribution in [-0.2, 0) is 11.2 Å². The van der Waals surface area contributed by atoms with Gasteiger partial charge in [0.15, 0.2) is 0 Å². The largest absolute Gasteiger partial charge is 0.349 e. The number of benzene rings is 1. The van der Waals surface area contributed by atoms with Crippen molar-refractivity contribution in [2.75, 3.05) is 27.2 Å². The van der Waals surface area contributed by atoms with Gasteiger partial charge in [-0.1, -0.05) is 24.3 Å². The molecule has 3 aliphatic rings. The van der Waals surface area contributed by atoms with Crippen molar-refractivity contribution >= 4 is 11.9 Å². The SMILES string of the molecule is CN(C)C(=O)CC1CCN(C(=O)N[C@@H]2[C@H]3Cc4ccccc4[C@@H]32)CC1. The molecular weight excluding hydrogens is 314 g/mol. The Morgan fingerprint density at radius 2 is 1.92 bits per heavy atom. The van der Waals surface area contributed by atoms with Gasteiger partial charge >= 0.3 is 6.03 Å². The third-order valence-electron chi connectivity index (χ3n) is 6.19. The maximum absolute atomic E-state index is 12.6. The van der Waals surface area contributed by atoms with Gasteiger partial charge < -0.3 is 15.1 Å². The summed E-state index contributed by atoms with van der Waals surface area (Å²) in [5, 5.41) is 3.25. The normalized spacial score (nSPS) is 27.4. The van der Waals surface area contributed by atoms with Crippen LogP contribution in [0.5, 0.6) is 0 Å². The minimum atomic E-state index is 0.0780. The van der Waals surface area contributed by atoms with Crippen molar-refractivity contribution in [1.82, 2.24) is 15.1 Å². The van der Waals surface area contributed by atoms with E-state index in [0.717, 1.165) is 32.4 Å². The summed E-state index contributed by atoms with van der Waals surface area (Å²) in [6.07, 6.45) is 3.55. The van der Waals surface area contributed by atoms with Crippen LogP contribution in [0.2, 0.25) is 0 Å². The van der Waals surface area contributed by atoms with Gasteiger partial charge in [0.25, 0.3) is 0 Å². The average Bonchev–Trinajstić information content (AvgIpc) is 3.12. The fraction of sp³-hybridized carbons (Fsp3) is 0.600. The molecule has 0 aromatic heterocycles. The van der Waals surface area contributed by atoms with Crippen LogP contribution in [0, 0.1) is 11.8 Å². The molecule has 25 heavy (non-hydrogen) atoms. The molecule has 5 heteroatoms. The number of urea groups is 1. The van der Waals surface area contributed by atoms with Crippen LogP contribution in [0.25, 0.3) is 0 Å². The number of amides is 3. The minimum Gasteiger partial charge on any atom is -0.349 e. The maximum atomic E-state index is 12.6. The molecule has 134 valence electrons. The van der Waals surface area contributed by atoms with E-state index in [4.69, 9.17) is 0 Å². The molecule has 0 bridgehead atoms. The monoisotopic (exact) mass is 341 g/mol. The summed E-state index contributed by atoms with van der Waals surface area (Å²) >= 11 is 0. The molecule has 5 nitrogen and oxygen atoms in total. The number of hydrogen-bond donors (Lipinski definition) is 1. The fourth-order valence-corrected chi connectivity index (χ4v) is 4.55. The Labute approximate surface area is 149 Å². The third-order valence-corrected chi connectivity index (χ3v) is 6.19. The van der Waals surface area contributed by atoms with Crippen LogP contribution < -0.4 is 5.32 Å². The first-order chi connectivity index (χ1) is 12.0. The number of nitrogens with one attached hydrogen (secondary N) is 1. The van der Waals surface area contributed by atoms with Gasteiger partial charge in [0, 0.05) is 45.6 Å². The predicted octanol–water partition coefficient (Wildman–Crippen LogP) is 2.22. The van der Waals surface area contributed by atoms with Crippen molar-refractivity contribution in [2.45, 2.75) is 37.6 Å². The number of piperidine rings is 1. The van der Waals surface area contributed by atoms with Gasteiger partial charge in [-0.15, -0.1) is 0 Å². The molecule has 1 aliphatic heterocycles. The zero-order valence-corrected chi connectivity index (χ0v) is 15.1. The Morgan fingerprint density at radius 3 is 2.64 bits per heavy atom.